The number of halogens is 2. The van der Waals surface area contributed by atoms with E-state index < -0.39 is 0 Å². The van der Waals surface area contributed by atoms with E-state index in [9.17, 15) is 0 Å². The Balaban J connectivity index is 2.47. The van der Waals surface area contributed by atoms with E-state index in [1.165, 1.54) is 25.7 Å². The van der Waals surface area contributed by atoms with Crippen molar-refractivity contribution in [2.75, 3.05) is 6.61 Å². The highest BCUT2D eigenvalue weighted by molar-refractivity contribution is 9.11. The first kappa shape index (κ1) is 15.0. The molecule has 0 saturated heterocycles. The molecule has 1 nitrogen and oxygen atoms in total. The molecule has 1 unspecified atom stereocenters. The van der Waals surface area contributed by atoms with Crippen molar-refractivity contribution in [3.05, 3.63) is 27.1 Å². The van der Waals surface area contributed by atoms with Crippen LogP contribution in [0.2, 0.25) is 0 Å². The topological polar surface area (TPSA) is 9.23 Å². The summed E-state index contributed by atoms with van der Waals surface area (Å²) in [5.74, 6) is 1.61. The lowest BCUT2D eigenvalue weighted by Crippen LogP contribution is -2.11. The predicted octanol–water partition coefficient (Wildman–Crippen LogP) is 5.81. The molecular weight excluding hydrogens is 344 g/mol. The van der Waals surface area contributed by atoms with Crippen molar-refractivity contribution in [2.24, 2.45) is 5.92 Å². The molecule has 0 radical (unpaired) electrons. The van der Waals surface area contributed by atoms with Gasteiger partial charge in [-0.25, -0.2) is 0 Å². The molecule has 1 atom stereocenters. The predicted molar refractivity (Wildman–Crippen MR) is 80.6 cm³/mol. The Morgan fingerprint density at radius 3 is 2.59 bits per heavy atom. The average molecular weight is 364 g/mol. The van der Waals surface area contributed by atoms with Crippen molar-refractivity contribution >= 4 is 31.9 Å². The second-order valence-electron chi connectivity index (χ2n) is 4.30. The summed E-state index contributed by atoms with van der Waals surface area (Å²) >= 11 is 6.96. The summed E-state index contributed by atoms with van der Waals surface area (Å²) in [5.41, 5.74) is 0. The molecule has 0 amide bonds. The number of rotatable bonds is 7. The van der Waals surface area contributed by atoms with Crippen LogP contribution in [0.1, 0.15) is 39.5 Å². The SMILES string of the molecule is CCCCC(CC)COc1ccc(Br)cc1Br. The van der Waals surface area contributed by atoms with Crippen molar-refractivity contribution < 1.29 is 4.74 Å². The second kappa shape index (κ2) is 8.15. The lowest BCUT2D eigenvalue weighted by atomic mass is 10.0. The molecule has 0 aliphatic carbocycles. The molecule has 0 spiro atoms. The third-order valence-corrected chi connectivity index (χ3v) is 4.02. The fourth-order valence-corrected chi connectivity index (χ4v) is 2.86. The quantitative estimate of drug-likeness (QED) is 0.594. The summed E-state index contributed by atoms with van der Waals surface area (Å²) in [6.45, 7) is 5.29. The van der Waals surface area contributed by atoms with Crippen molar-refractivity contribution in [1.82, 2.24) is 0 Å². The largest absolute Gasteiger partial charge is 0.492 e. The van der Waals surface area contributed by atoms with Gasteiger partial charge in [0.25, 0.3) is 0 Å². The van der Waals surface area contributed by atoms with Gasteiger partial charge >= 0.3 is 0 Å². The molecule has 0 bridgehead atoms. The monoisotopic (exact) mass is 362 g/mol. The number of unbranched alkanes of at least 4 members (excludes halogenated alkanes) is 1. The Bertz CT molecular complexity index is 339. The van der Waals surface area contributed by atoms with Gasteiger partial charge in [-0.2, -0.15) is 0 Å². The molecule has 0 aliphatic rings. The summed E-state index contributed by atoms with van der Waals surface area (Å²) in [6.07, 6.45) is 5.01. The minimum absolute atomic E-state index is 0.672. The van der Waals surface area contributed by atoms with Gasteiger partial charge in [-0.3, -0.25) is 0 Å². The molecule has 0 saturated carbocycles. The Morgan fingerprint density at radius 2 is 2.00 bits per heavy atom. The number of hydrogen-bond donors (Lipinski definition) is 0. The lowest BCUT2D eigenvalue weighted by molar-refractivity contribution is 0.232. The Labute approximate surface area is 121 Å². The molecule has 0 aromatic heterocycles. The Hall–Kier alpha value is -0.0200. The van der Waals surface area contributed by atoms with Gasteiger partial charge in [-0.05, 0) is 46.5 Å². The number of ether oxygens (including phenoxy) is 1. The van der Waals surface area contributed by atoms with Gasteiger partial charge in [0.15, 0.2) is 0 Å². The van der Waals surface area contributed by atoms with Crippen LogP contribution < -0.4 is 4.74 Å². The first-order valence-electron chi connectivity index (χ1n) is 6.25. The van der Waals surface area contributed by atoms with Crippen molar-refractivity contribution in [3.63, 3.8) is 0 Å². The van der Waals surface area contributed by atoms with E-state index in [1.54, 1.807) is 0 Å². The third-order valence-electron chi connectivity index (χ3n) is 2.91. The fourth-order valence-electron chi connectivity index (χ4n) is 1.70. The van der Waals surface area contributed by atoms with Gasteiger partial charge in [-0.15, -0.1) is 0 Å². The van der Waals surface area contributed by atoms with E-state index in [-0.39, 0.29) is 0 Å². The van der Waals surface area contributed by atoms with Gasteiger partial charge in [-0.1, -0.05) is 49.0 Å². The highest BCUT2D eigenvalue weighted by atomic mass is 79.9. The van der Waals surface area contributed by atoms with E-state index in [0.717, 1.165) is 21.3 Å². The molecule has 0 N–H and O–H groups in total. The molecular formula is C14H20Br2O. The zero-order valence-corrected chi connectivity index (χ0v) is 13.7. The highest BCUT2D eigenvalue weighted by Crippen LogP contribution is 2.29. The van der Waals surface area contributed by atoms with Gasteiger partial charge < -0.3 is 4.74 Å². The Morgan fingerprint density at radius 1 is 1.24 bits per heavy atom. The molecule has 1 aromatic carbocycles. The molecule has 0 aliphatic heterocycles. The molecule has 1 aromatic rings. The van der Waals surface area contributed by atoms with Crippen LogP contribution in [0, 0.1) is 5.92 Å². The van der Waals surface area contributed by atoms with Crippen LogP contribution in [0.4, 0.5) is 0 Å². The zero-order chi connectivity index (χ0) is 12.7. The maximum Gasteiger partial charge on any atom is 0.133 e. The maximum absolute atomic E-state index is 5.87. The number of benzene rings is 1. The molecule has 96 valence electrons. The van der Waals surface area contributed by atoms with E-state index in [2.05, 4.69) is 45.7 Å². The smallest absolute Gasteiger partial charge is 0.133 e. The summed E-state index contributed by atoms with van der Waals surface area (Å²) < 4.78 is 7.95. The van der Waals surface area contributed by atoms with Crippen LogP contribution >= 0.6 is 31.9 Å². The number of hydrogen-bond acceptors (Lipinski definition) is 1. The first-order chi connectivity index (χ1) is 8.17. The molecule has 3 heteroatoms. The minimum Gasteiger partial charge on any atom is -0.492 e. The summed E-state index contributed by atoms with van der Waals surface area (Å²) in [7, 11) is 0. The van der Waals surface area contributed by atoms with Crippen molar-refractivity contribution in [3.8, 4) is 5.75 Å². The molecule has 1 rings (SSSR count). The van der Waals surface area contributed by atoms with E-state index in [4.69, 9.17) is 4.74 Å². The van der Waals surface area contributed by atoms with E-state index in [0.29, 0.717) is 5.92 Å². The van der Waals surface area contributed by atoms with Gasteiger partial charge in [0.1, 0.15) is 5.75 Å². The van der Waals surface area contributed by atoms with Crippen molar-refractivity contribution in [2.45, 2.75) is 39.5 Å². The maximum atomic E-state index is 5.87. The molecule has 17 heavy (non-hydrogen) atoms. The minimum atomic E-state index is 0.672. The van der Waals surface area contributed by atoms with Gasteiger partial charge in [0.2, 0.25) is 0 Å². The Kier molecular flexibility index (Phi) is 7.21. The van der Waals surface area contributed by atoms with Crippen LogP contribution in [0.15, 0.2) is 27.1 Å². The second-order valence-corrected chi connectivity index (χ2v) is 6.07. The van der Waals surface area contributed by atoms with Gasteiger partial charge in [0, 0.05) is 4.47 Å². The third kappa shape index (κ3) is 5.43. The van der Waals surface area contributed by atoms with Crippen molar-refractivity contribution in [1.29, 1.82) is 0 Å². The summed E-state index contributed by atoms with van der Waals surface area (Å²) in [5, 5.41) is 0. The standard InChI is InChI=1S/C14H20Br2O/c1-3-5-6-11(4-2)10-17-14-8-7-12(15)9-13(14)16/h7-9,11H,3-6,10H2,1-2H3. The van der Waals surface area contributed by atoms with Crippen LogP contribution in [0.25, 0.3) is 0 Å². The van der Waals surface area contributed by atoms with E-state index >= 15 is 0 Å². The van der Waals surface area contributed by atoms with Crippen LogP contribution in [-0.4, -0.2) is 6.61 Å². The molecule has 0 heterocycles. The average Bonchev–Trinajstić information content (AvgIpc) is 2.31. The zero-order valence-electron chi connectivity index (χ0n) is 10.5. The first-order valence-corrected chi connectivity index (χ1v) is 7.83. The molecule has 0 fully saturated rings. The van der Waals surface area contributed by atoms with E-state index in [1.807, 2.05) is 18.2 Å². The van der Waals surface area contributed by atoms with Crippen LogP contribution in [0.5, 0.6) is 5.75 Å². The van der Waals surface area contributed by atoms with Crippen LogP contribution in [-0.2, 0) is 0 Å². The summed E-state index contributed by atoms with van der Waals surface area (Å²) in [4.78, 5) is 0. The lowest BCUT2D eigenvalue weighted by Gasteiger charge is -2.16. The van der Waals surface area contributed by atoms with Crippen LogP contribution in [0.3, 0.4) is 0 Å². The van der Waals surface area contributed by atoms with Gasteiger partial charge in [0.05, 0.1) is 11.1 Å². The normalized spacial score (nSPS) is 12.5. The fraction of sp³-hybridized carbons (Fsp3) is 0.571. The summed E-state index contributed by atoms with van der Waals surface area (Å²) in [6, 6.07) is 6.02. The highest BCUT2D eigenvalue weighted by Gasteiger charge is 2.08.